The van der Waals surface area contributed by atoms with E-state index in [4.69, 9.17) is 5.73 Å². The molecule has 12 heavy (non-hydrogen) atoms. The lowest BCUT2D eigenvalue weighted by Crippen LogP contribution is -2.10. The fraction of sp³-hybridized carbons (Fsp3) is 0.167. The standard InChI is InChI=1S/C6H6N2O4/c1-11-4(9)2-3-5(10)8-6(7)12-3/h2H,1H3,(H2,7,8,10)/b3-2-. The van der Waals surface area contributed by atoms with E-state index in [0.717, 1.165) is 6.08 Å². The van der Waals surface area contributed by atoms with Crippen molar-refractivity contribution in [2.45, 2.75) is 0 Å². The molecule has 1 heterocycles. The fourth-order valence-electron chi connectivity index (χ4n) is 0.591. The molecule has 2 N–H and O–H groups in total. The van der Waals surface area contributed by atoms with Crippen molar-refractivity contribution in [3.8, 4) is 0 Å². The van der Waals surface area contributed by atoms with E-state index in [1.807, 2.05) is 0 Å². The normalized spacial score (nSPS) is 18.9. The third-order valence-corrected chi connectivity index (χ3v) is 1.09. The summed E-state index contributed by atoms with van der Waals surface area (Å²) < 4.78 is 8.84. The first kappa shape index (κ1) is 8.25. The van der Waals surface area contributed by atoms with E-state index in [9.17, 15) is 9.59 Å². The number of rotatable bonds is 1. The Kier molecular flexibility index (Phi) is 2.09. The summed E-state index contributed by atoms with van der Waals surface area (Å²) in [5, 5.41) is 0. The summed E-state index contributed by atoms with van der Waals surface area (Å²) in [6.45, 7) is 0. The SMILES string of the molecule is COC(=O)/C=C1\OC(N)=NC1=O. The summed E-state index contributed by atoms with van der Waals surface area (Å²) in [5.74, 6) is -1.60. The van der Waals surface area contributed by atoms with Crippen LogP contribution in [0.5, 0.6) is 0 Å². The first-order valence-electron chi connectivity index (χ1n) is 2.99. The number of carbonyl (C=O) groups excluding carboxylic acids is 2. The minimum atomic E-state index is -0.691. The van der Waals surface area contributed by atoms with Gasteiger partial charge in [0.25, 0.3) is 6.02 Å². The van der Waals surface area contributed by atoms with Crippen molar-refractivity contribution in [1.82, 2.24) is 0 Å². The quantitative estimate of drug-likeness (QED) is 0.399. The lowest BCUT2D eigenvalue weighted by molar-refractivity contribution is -0.135. The molecular formula is C6H6N2O4. The molecule has 0 bridgehead atoms. The molecule has 0 saturated carbocycles. The highest BCUT2D eigenvalue weighted by Gasteiger charge is 2.21. The van der Waals surface area contributed by atoms with Gasteiger partial charge in [-0.1, -0.05) is 0 Å². The van der Waals surface area contributed by atoms with E-state index in [-0.39, 0.29) is 11.8 Å². The number of nitrogens with zero attached hydrogens (tertiary/aromatic N) is 1. The van der Waals surface area contributed by atoms with Crippen LogP contribution in [-0.2, 0) is 19.1 Å². The zero-order valence-electron chi connectivity index (χ0n) is 6.23. The summed E-state index contributed by atoms with van der Waals surface area (Å²) in [4.78, 5) is 24.6. The van der Waals surface area contributed by atoms with E-state index in [1.165, 1.54) is 7.11 Å². The van der Waals surface area contributed by atoms with Gasteiger partial charge in [0.05, 0.1) is 13.2 Å². The van der Waals surface area contributed by atoms with Crippen LogP contribution in [-0.4, -0.2) is 25.0 Å². The van der Waals surface area contributed by atoms with Crippen LogP contribution in [0.25, 0.3) is 0 Å². The van der Waals surface area contributed by atoms with Gasteiger partial charge in [0.1, 0.15) is 0 Å². The van der Waals surface area contributed by atoms with Gasteiger partial charge < -0.3 is 15.2 Å². The van der Waals surface area contributed by atoms with Crippen LogP contribution in [0.4, 0.5) is 0 Å². The molecule has 1 aliphatic heterocycles. The smallest absolute Gasteiger partial charge is 0.334 e. The largest absolute Gasteiger partial charge is 0.466 e. The van der Waals surface area contributed by atoms with Crippen LogP contribution in [0.2, 0.25) is 0 Å². The Bertz CT molecular complexity index is 292. The van der Waals surface area contributed by atoms with Gasteiger partial charge in [-0.15, -0.1) is 0 Å². The number of aliphatic imine (C=N–C) groups is 1. The van der Waals surface area contributed by atoms with Crippen LogP contribution in [0.1, 0.15) is 0 Å². The summed E-state index contributed by atoms with van der Waals surface area (Å²) in [6.07, 6.45) is 0.881. The molecule has 0 aliphatic carbocycles. The number of esters is 1. The zero-order chi connectivity index (χ0) is 9.14. The first-order chi connectivity index (χ1) is 5.63. The molecule has 0 atom stereocenters. The molecule has 6 heteroatoms. The van der Waals surface area contributed by atoms with Crippen molar-refractivity contribution in [3.63, 3.8) is 0 Å². The van der Waals surface area contributed by atoms with Gasteiger partial charge in [0.15, 0.2) is 0 Å². The van der Waals surface area contributed by atoms with Gasteiger partial charge in [-0.25, -0.2) is 4.79 Å². The summed E-state index contributed by atoms with van der Waals surface area (Å²) in [7, 11) is 1.18. The Morgan fingerprint density at radius 2 is 2.42 bits per heavy atom. The molecule has 0 aromatic heterocycles. The lowest BCUT2D eigenvalue weighted by atomic mass is 10.4. The number of hydrogen-bond acceptors (Lipinski definition) is 5. The average molecular weight is 170 g/mol. The average Bonchev–Trinajstić information content (AvgIpc) is 2.30. The predicted octanol–water partition coefficient (Wildman–Crippen LogP) is -1.09. The van der Waals surface area contributed by atoms with Gasteiger partial charge in [0, 0.05) is 0 Å². The zero-order valence-corrected chi connectivity index (χ0v) is 6.23. The van der Waals surface area contributed by atoms with Crippen molar-refractivity contribution in [2.24, 2.45) is 10.7 Å². The Morgan fingerprint density at radius 1 is 1.75 bits per heavy atom. The molecule has 6 nitrogen and oxygen atoms in total. The second-order valence-corrected chi connectivity index (χ2v) is 1.89. The second kappa shape index (κ2) is 3.04. The molecule has 1 rings (SSSR count). The molecule has 1 aliphatic rings. The van der Waals surface area contributed by atoms with E-state index in [2.05, 4.69) is 14.5 Å². The van der Waals surface area contributed by atoms with Gasteiger partial charge in [-0.3, -0.25) is 4.79 Å². The molecule has 0 spiro atoms. The number of methoxy groups -OCH3 is 1. The van der Waals surface area contributed by atoms with Crippen LogP contribution in [0, 0.1) is 0 Å². The number of amidine groups is 1. The number of ether oxygens (including phenoxy) is 2. The molecule has 0 unspecified atom stereocenters. The number of nitrogens with two attached hydrogens (primary N) is 1. The maximum absolute atomic E-state index is 10.8. The molecule has 0 aromatic carbocycles. The molecular weight excluding hydrogens is 164 g/mol. The molecule has 64 valence electrons. The van der Waals surface area contributed by atoms with E-state index in [1.54, 1.807) is 0 Å². The Morgan fingerprint density at radius 3 is 2.83 bits per heavy atom. The number of carbonyl (C=O) groups is 2. The second-order valence-electron chi connectivity index (χ2n) is 1.89. The number of amides is 1. The molecule has 1 amide bonds. The van der Waals surface area contributed by atoms with E-state index >= 15 is 0 Å². The van der Waals surface area contributed by atoms with Gasteiger partial charge >= 0.3 is 11.9 Å². The van der Waals surface area contributed by atoms with Crippen molar-refractivity contribution in [1.29, 1.82) is 0 Å². The minimum Gasteiger partial charge on any atom is -0.466 e. The van der Waals surface area contributed by atoms with Crippen molar-refractivity contribution < 1.29 is 19.1 Å². The van der Waals surface area contributed by atoms with Crippen molar-refractivity contribution in [2.75, 3.05) is 7.11 Å². The first-order valence-corrected chi connectivity index (χ1v) is 2.99. The maximum Gasteiger partial charge on any atom is 0.334 e. The van der Waals surface area contributed by atoms with Crippen molar-refractivity contribution >= 4 is 17.9 Å². The minimum absolute atomic E-state index is 0.223. The van der Waals surface area contributed by atoms with Crippen LogP contribution >= 0.6 is 0 Å². The maximum atomic E-state index is 10.8. The summed E-state index contributed by atoms with van der Waals surface area (Å²) >= 11 is 0. The summed E-state index contributed by atoms with van der Waals surface area (Å²) in [6, 6.07) is -0.268. The Balaban J connectivity index is 2.75. The monoisotopic (exact) mass is 170 g/mol. The highest BCUT2D eigenvalue weighted by Crippen LogP contribution is 2.07. The Hall–Kier alpha value is -1.85. The van der Waals surface area contributed by atoms with Crippen molar-refractivity contribution in [3.05, 3.63) is 11.8 Å². The van der Waals surface area contributed by atoms with Crippen LogP contribution in [0.3, 0.4) is 0 Å². The molecule has 0 saturated heterocycles. The van der Waals surface area contributed by atoms with Gasteiger partial charge in [0.2, 0.25) is 5.76 Å². The highest BCUT2D eigenvalue weighted by atomic mass is 16.5. The third-order valence-electron chi connectivity index (χ3n) is 1.09. The highest BCUT2D eigenvalue weighted by molar-refractivity contribution is 6.08. The third kappa shape index (κ3) is 1.60. The van der Waals surface area contributed by atoms with E-state index < -0.39 is 11.9 Å². The van der Waals surface area contributed by atoms with Crippen LogP contribution < -0.4 is 5.73 Å². The van der Waals surface area contributed by atoms with Gasteiger partial charge in [-0.2, -0.15) is 4.99 Å². The predicted molar refractivity (Wildman–Crippen MR) is 37.8 cm³/mol. The fourth-order valence-corrected chi connectivity index (χ4v) is 0.591. The van der Waals surface area contributed by atoms with E-state index in [0.29, 0.717) is 0 Å². The summed E-state index contributed by atoms with van der Waals surface area (Å²) in [5.41, 5.74) is 5.05. The topological polar surface area (TPSA) is 91.0 Å². The lowest BCUT2D eigenvalue weighted by Gasteiger charge is -1.94. The molecule has 0 aromatic rings. The number of hydrogen-bond donors (Lipinski definition) is 1. The molecule has 0 fully saturated rings. The Labute approximate surface area is 67.7 Å². The van der Waals surface area contributed by atoms with Gasteiger partial charge in [-0.05, 0) is 0 Å². The molecule has 0 radical (unpaired) electrons. The van der Waals surface area contributed by atoms with Crippen LogP contribution in [0.15, 0.2) is 16.8 Å².